The van der Waals surface area contributed by atoms with Crippen molar-refractivity contribution in [2.24, 2.45) is 5.10 Å². The molecule has 0 aliphatic rings. The van der Waals surface area contributed by atoms with Crippen LogP contribution in [0.15, 0.2) is 49.2 Å². The quantitative estimate of drug-likeness (QED) is 0.391. The second kappa shape index (κ2) is 9.93. The Labute approximate surface area is 200 Å². The Hall–Kier alpha value is -2.23. The molecule has 0 aliphatic heterocycles. The Morgan fingerprint density at radius 1 is 1.35 bits per heavy atom. The van der Waals surface area contributed by atoms with Crippen LogP contribution in [0.2, 0.25) is 5.02 Å². The van der Waals surface area contributed by atoms with E-state index in [-0.39, 0.29) is 16.3 Å². The Morgan fingerprint density at radius 3 is 2.74 bits per heavy atom. The highest BCUT2D eigenvalue weighted by Crippen LogP contribution is 2.35. The molecular weight excluding hydrogens is 554 g/mol. The first-order valence-corrected chi connectivity index (χ1v) is 11.3. The van der Waals surface area contributed by atoms with Gasteiger partial charge in [-0.3, -0.25) is 4.79 Å². The molecule has 0 radical (unpaired) electrons. The first-order chi connectivity index (χ1) is 14.7. The van der Waals surface area contributed by atoms with Crippen LogP contribution in [0, 0.1) is 0 Å². The van der Waals surface area contributed by atoms with E-state index in [0.717, 1.165) is 10.9 Å². The second-order valence-electron chi connectivity index (χ2n) is 6.71. The van der Waals surface area contributed by atoms with Crippen molar-refractivity contribution < 1.29 is 14.6 Å². The molecule has 3 rings (SSSR count). The summed E-state index contributed by atoms with van der Waals surface area (Å²) >= 11 is 13.0. The van der Waals surface area contributed by atoms with E-state index >= 15 is 0 Å². The number of nitrogens with zero attached hydrogens (tertiary/aromatic N) is 3. The normalized spacial score (nSPS) is 12.4. The molecule has 0 fully saturated rings. The zero-order chi connectivity index (χ0) is 22.7. The number of carbonyl (C=O) groups is 1. The SMILES string of the molecule is CCCc1nc2ccc(Br)cc2c(=O)n1N=Cc1cc(Cl)c(O[C@@H](C)C(=O)O)c(Br)c1. The number of aryl methyl sites for hydroxylation is 1. The predicted molar refractivity (Wildman–Crippen MR) is 128 cm³/mol. The summed E-state index contributed by atoms with van der Waals surface area (Å²) in [5, 5.41) is 14.1. The number of aromatic nitrogens is 2. The minimum Gasteiger partial charge on any atom is -0.479 e. The number of rotatable bonds is 7. The van der Waals surface area contributed by atoms with E-state index in [2.05, 4.69) is 41.9 Å². The molecule has 31 heavy (non-hydrogen) atoms. The molecule has 0 unspecified atom stereocenters. The van der Waals surface area contributed by atoms with Crippen molar-refractivity contribution in [2.75, 3.05) is 0 Å². The fourth-order valence-corrected chi connectivity index (χ4v) is 4.14. The van der Waals surface area contributed by atoms with Crippen molar-refractivity contribution in [1.29, 1.82) is 0 Å². The molecule has 0 spiro atoms. The number of carboxylic acid groups (broad SMARTS) is 1. The van der Waals surface area contributed by atoms with Gasteiger partial charge in [0.05, 0.1) is 26.6 Å². The van der Waals surface area contributed by atoms with E-state index in [1.807, 2.05) is 13.0 Å². The van der Waals surface area contributed by atoms with Gasteiger partial charge in [0.2, 0.25) is 0 Å². The lowest BCUT2D eigenvalue weighted by molar-refractivity contribution is -0.144. The maximum absolute atomic E-state index is 13.0. The van der Waals surface area contributed by atoms with Gasteiger partial charge in [0.15, 0.2) is 11.9 Å². The summed E-state index contributed by atoms with van der Waals surface area (Å²) in [6.45, 7) is 3.41. The molecule has 0 saturated heterocycles. The molecule has 1 atom stereocenters. The van der Waals surface area contributed by atoms with Gasteiger partial charge in [-0.1, -0.05) is 34.5 Å². The molecule has 3 aromatic rings. The monoisotopic (exact) mass is 569 g/mol. The highest BCUT2D eigenvalue weighted by molar-refractivity contribution is 9.10. The van der Waals surface area contributed by atoms with Gasteiger partial charge in [-0.25, -0.2) is 9.78 Å². The number of ether oxygens (including phenoxy) is 1. The summed E-state index contributed by atoms with van der Waals surface area (Å²) < 4.78 is 7.93. The second-order valence-corrected chi connectivity index (χ2v) is 8.89. The van der Waals surface area contributed by atoms with Crippen LogP contribution in [0.4, 0.5) is 0 Å². The smallest absolute Gasteiger partial charge is 0.344 e. The number of carboxylic acids is 1. The molecule has 0 saturated carbocycles. The summed E-state index contributed by atoms with van der Waals surface area (Å²) in [6.07, 6.45) is 1.82. The molecule has 7 nitrogen and oxygen atoms in total. The van der Waals surface area contributed by atoms with Crippen LogP contribution < -0.4 is 10.3 Å². The molecule has 1 heterocycles. The van der Waals surface area contributed by atoms with Crippen LogP contribution in [0.3, 0.4) is 0 Å². The van der Waals surface area contributed by atoms with E-state index in [4.69, 9.17) is 21.4 Å². The lowest BCUT2D eigenvalue weighted by Crippen LogP contribution is -2.23. The van der Waals surface area contributed by atoms with E-state index < -0.39 is 12.1 Å². The third-order valence-electron chi connectivity index (χ3n) is 4.33. The van der Waals surface area contributed by atoms with Crippen LogP contribution in [0.25, 0.3) is 10.9 Å². The highest BCUT2D eigenvalue weighted by atomic mass is 79.9. The van der Waals surface area contributed by atoms with Gasteiger partial charge in [0.1, 0.15) is 5.82 Å². The Morgan fingerprint density at radius 2 is 2.10 bits per heavy atom. The number of benzene rings is 2. The van der Waals surface area contributed by atoms with Crippen LogP contribution >= 0.6 is 43.5 Å². The zero-order valence-corrected chi connectivity index (χ0v) is 20.5. The van der Waals surface area contributed by atoms with Crippen molar-refractivity contribution >= 4 is 66.5 Å². The Kier molecular flexibility index (Phi) is 7.51. The van der Waals surface area contributed by atoms with Gasteiger partial charge in [0, 0.05) is 10.9 Å². The zero-order valence-electron chi connectivity index (χ0n) is 16.6. The van der Waals surface area contributed by atoms with Gasteiger partial charge in [0.25, 0.3) is 5.56 Å². The largest absolute Gasteiger partial charge is 0.479 e. The Balaban J connectivity index is 2.03. The fourth-order valence-electron chi connectivity index (χ4n) is 2.82. The van der Waals surface area contributed by atoms with Gasteiger partial charge in [-0.15, -0.1) is 0 Å². The number of fused-ring (bicyclic) bond motifs is 1. The molecule has 0 aliphatic carbocycles. The molecule has 0 bridgehead atoms. The summed E-state index contributed by atoms with van der Waals surface area (Å²) in [6, 6.07) is 8.61. The minimum atomic E-state index is -1.10. The van der Waals surface area contributed by atoms with Gasteiger partial charge < -0.3 is 9.84 Å². The predicted octanol–water partition coefficient (Wildman–Crippen LogP) is 5.26. The maximum atomic E-state index is 13.0. The third-order valence-corrected chi connectivity index (χ3v) is 5.70. The fraction of sp³-hybridized carbons (Fsp3) is 0.238. The molecule has 0 amide bonds. The molecule has 2 aromatic carbocycles. The summed E-state index contributed by atoms with van der Waals surface area (Å²) in [7, 11) is 0. The Bertz CT molecular complexity index is 1220. The maximum Gasteiger partial charge on any atom is 0.344 e. The molecule has 1 aromatic heterocycles. The summed E-state index contributed by atoms with van der Waals surface area (Å²) in [5.41, 5.74) is 0.935. The summed E-state index contributed by atoms with van der Waals surface area (Å²) in [5.74, 6) is -0.333. The van der Waals surface area contributed by atoms with Crippen molar-refractivity contribution in [3.8, 4) is 5.75 Å². The number of hydrogen-bond acceptors (Lipinski definition) is 5. The van der Waals surface area contributed by atoms with Crippen molar-refractivity contribution in [3.05, 3.63) is 66.0 Å². The number of aliphatic carboxylic acids is 1. The lowest BCUT2D eigenvalue weighted by Gasteiger charge is -2.14. The van der Waals surface area contributed by atoms with Crippen LogP contribution in [-0.4, -0.2) is 33.1 Å². The van der Waals surface area contributed by atoms with Crippen LogP contribution in [0.1, 0.15) is 31.7 Å². The molecule has 1 N–H and O–H groups in total. The molecular formula is C21H18Br2ClN3O4. The molecule has 10 heteroatoms. The first-order valence-electron chi connectivity index (χ1n) is 9.35. The standard InChI is InChI=1S/C21H18Br2ClN3O4/c1-3-4-18-26-17-6-5-13(22)9-14(17)20(28)27(18)25-10-12-7-15(23)19(16(24)8-12)31-11(2)21(29)30/h5-11H,3-4H2,1-2H3,(H,29,30)/t11-/m0/s1. The van der Waals surface area contributed by atoms with E-state index in [0.29, 0.717) is 33.2 Å². The average molecular weight is 572 g/mol. The topological polar surface area (TPSA) is 93.8 Å². The summed E-state index contributed by atoms with van der Waals surface area (Å²) in [4.78, 5) is 28.7. The number of hydrogen-bond donors (Lipinski definition) is 1. The number of halogens is 3. The van der Waals surface area contributed by atoms with Gasteiger partial charge in [-0.2, -0.15) is 9.78 Å². The van der Waals surface area contributed by atoms with E-state index in [1.54, 1.807) is 24.3 Å². The first kappa shape index (κ1) is 23.4. The van der Waals surface area contributed by atoms with E-state index in [9.17, 15) is 9.59 Å². The third kappa shape index (κ3) is 5.34. The minimum absolute atomic E-state index is 0.214. The highest BCUT2D eigenvalue weighted by Gasteiger charge is 2.17. The van der Waals surface area contributed by atoms with Gasteiger partial charge in [-0.05, 0) is 65.2 Å². The van der Waals surface area contributed by atoms with Crippen LogP contribution in [0.5, 0.6) is 5.75 Å². The van der Waals surface area contributed by atoms with Crippen molar-refractivity contribution in [1.82, 2.24) is 9.66 Å². The molecule has 162 valence electrons. The van der Waals surface area contributed by atoms with E-state index in [1.165, 1.54) is 17.8 Å². The van der Waals surface area contributed by atoms with Crippen molar-refractivity contribution in [3.63, 3.8) is 0 Å². The van der Waals surface area contributed by atoms with Gasteiger partial charge >= 0.3 is 5.97 Å². The average Bonchev–Trinajstić information content (AvgIpc) is 2.71. The van der Waals surface area contributed by atoms with Crippen molar-refractivity contribution in [2.45, 2.75) is 32.8 Å². The lowest BCUT2D eigenvalue weighted by atomic mass is 10.2. The van der Waals surface area contributed by atoms with Crippen LogP contribution in [-0.2, 0) is 11.2 Å².